The summed E-state index contributed by atoms with van der Waals surface area (Å²) < 4.78 is 61.0. The van der Waals surface area contributed by atoms with Crippen LogP contribution in [0.25, 0.3) is 0 Å². The Morgan fingerprint density at radius 3 is 1.97 bits per heavy atom. The maximum Gasteiger partial charge on any atom is 0.264 e. The third-order valence-electron chi connectivity index (χ3n) is 5.49. The number of likely N-dealkylation sites (N-methyl/N-ethyl adjacent to an activating group) is 1. The number of nitrogens with zero attached hydrogens (tertiary/aromatic N) is 2. The predicted molar refractivity (Wildman–Crippen MR) is 136 cm³/mol. The molecule has 0 aliphatic carbocycles. The van der Waals surface area contributed by atoms with E-state index < -0.39 is 26.2 Å². The molecule has 0 aliphatic rings. The van der Waals surface area contributed by atoms with Crippen molar-refractivity contribution in [3.05, 3.63) is 84.4 Å². The van der Waals surface area contributed by atoms with Crippen molar-refractivity contribution in [2.45, 2.75) is 29.7 Å². The van der Waals surface area contributed by atoms with Gasteiger partial charge in [-0.15, -0.1) is 0 Å². The van der Waals surface area contributed by atoms with Gasteiger partial charge in [0, 0.05) is 13.1 Å². The van der Waals surface area contributed by atoms with Crippen molar-refractivity contribution in [2.24, 2.45) is 0 Å². The van der Waals surface area contributed by atoms with Gasteiger partial charge < -0.3 is 9.84 Å². The third-order valence-corrected chi connectivity index (χ3v) is 9.24. The van der Waals surface area contributed by atoms with Crippen LogP contribution in [-0.4, -0.2) is 59.1 Å². The molecular weight excluding hydrogens is 488 g/mol. The molecule has 0 unspecified atom stereocenters. The second-order valence-corrected chi connectivity index (χ2v) is 11.7. The van der Waals surface area contributed by atoms with Crippen molar-refractivity contribution in [3.8, 4) is 5.75 Å². The van der Waals surface area contributed by atoms with Gasteiger partial charge in [-0.3, -0.25) is 4.31 Å². The lowest BCUT2D eigenvalue weighted by Crippen LogP contribution is -2.44. The number of anilines is 1. The predicted octanol–water partition coefficient (Wildman–Crippen LogP) is 3.27. The molecule has 0 saturated carbocycles. The van der Waals surface area contributed by atoms with Gasteiger partial charge in [-0.2, -0.15) is 4.31 Å². The van der Waals surface area contributed by atoms with Gasteiger partial charge in [0.2, 0.25) is 10.0 Å². The highest BCUT2D eigenvalue weighted by Crippen LogP contribution is 2.32. The molecule has 1 N–H and O–H groups in total. The Labute approximate surface area is 207 Å². The van der Waals surface area contributed by atoms with Gasteiger partial charge in [-0.1, -0.05) is 55.0 Å². The topological polar surface area (TPSA) is 104 Å². The minimum Gasteiger partial charge on any atom is -0.495 e. The number of benzene rings is 3. The second-order valence-electron chi connectivity index (χ2n) is 7.94. The van der Waals surface area contributed by atoms with Gasteiger partial charge in [0.15, 0.2) is 0 Å². The average Bonchev–Trinajstić information content (AvgIpc) is 2.86. The molecule has 3 aromatic rings. The summed E-state index contributed by atoms with van der Waals surface area (Å²) in [7, 11) is -6.55. The molecule has 0 fully saturated rings. The quantitative estimate of drug-likeness (QED) is 0.418. The van der Waals surface area contributed by atoms with E-state index in [4.69, 9.17) is 4.74 Å². The van der Waals surface area contributed by atoms with Gasteiger partial charge in [-0.25, -0.2) is 16.8 Å². The standard InChI is InChI=1S/C25H30N2O6S2/c1-4-26(34(29,30)23-16-14-20(2)15-17-23)18-21(28)19-27(24-12-8-9-13-25(24)33-3)35(31,32)22-10-6-5-7-11-22/h5-17,21,28H,4,18-19H2,1-3H3/t21-/m1/s1. The zero-order valence-corrected chi connectivity index (χ0v) is 21.5. The van der Waals surface area contributed by atoms with Crippen molar-refractivity contribution in [3.63, 3.8) is 0 Å². The Morgan fingerprint density at radius 1 is 0.800 bits per heavy atom. The number of hydrogen-bond donors (Lipinski definition) is 1. The van der Waals surface area contributed by atoms with Gasteiger partial charge in [0.05, 0.1) is 35.2 Å². The summed E-state index contributed by atoms with van der Waals surface area (Å²) in [5.74, 6) is 0.304. The minimum atomic E-state index is -4.09. The summed E-state index contributed by atoms with van der Waals surface area (Å²) in [6, 6.07) is 20.8. The molecule has 1 atom stereocenters. The van der Waals surface area contributed by atoms with E-state index in [0.29, 0.717) is 5.75 Å². The van der Waals surface area contributed by atoms with Crippen LogP contribution in [0.5, 0.6) is 5.75 Å². The molecule has 0 aromatic heterocycles. The monoisotopic (exact) mass is 518 g/mol. The molecular formula is C25H30N2O6S2. The molecule has 35 heavy (non-hydrogen) atoms. The number of sulfonamides is 2. The molecule has 0 saturated heterocycles. The largest absolute Gasteiger partial charge is 0.495 e. The number of aliphatic hydroxyl groups is 1. The summed E-state index contributed by atoms with van der Waals surface area (Å²) >= 11 is 0. The fourth-order valence-electron chi connectivity index (χ4n) is 3.62. The highest BCUT2D eigenvalue weighted by atomic mass is 32.2. The number of hydrogen-bond acceptors (Lipinski definition) is 6. The van der Waals surface area contributed by atoms with Crippen molar-refractivity contribution in [1.82, 2.24) is 4.31 Å². The molecule has 0 radical (unpaired) electrons. The van der Waals surface area contributed by atoms with Crippen LogP contribution in [0.2, 0.25) is 0 Å². The molecule has 0 bridgehead atoms. The fraction of sp³-hybridized carbons (Fsp3) is 0.280. The molecule has 3 rings (SSSR count). The van der Waals surface area contributed by atoms with Gasteiger partial charge in [0.1, 0.15) is 5.75 Å². The summed E-state index contributed by atoms with van der Waals surface area (Å²) in [5, 5.41) is 11.0. The SMILES string of the molecule is CCN(C[C@@H](O)CN(c1ccccc1OC)S(=O)(=O)c1ccccc1)S(=O)(=O)c1ccc(C)cc1. The summed E-state index contributed by atoms with van der Waals surface area (Å²) in [5.41, 5.74) is 1.16. The maximum absolute atomic E-state index is 13.6. The highest BCUT2D eigenvalue weighted by molar-refractivity contribution is 7.92. The highest BCUT2D eigenvalue weighted by Gasteiger charge is 2.32. The van der Waals surface area contributed by atoms with Gasteiger partial charge >= 0.3 is 0 Å². The fourth-order valence-corrected chi connectivity index (χ4v) is 6.64. The van der Waals surface area contributed by atoms with Crippen molar-refractivity contribution < 1.29 is 26.7 Å². The first-order chi connectivity index (χ1) is 16.6. The zero-order valence-electron chi connectivity index (χ0n) is 19.9. The van der Waals surface area contributed by atoms with Crippen LogP contribution >= 0.6 is 0 Å². The summed E-state index contributed by atoms with van der Waals surface area (Å²) in [6.07, 6.45) is -1.32. The van der Waals surface area contributed by atoms with E-state index in [9.17, 15) is 21.9 Å². The summed E-state index contributed by atoms with van der Waals surface area (Å²) in [4.78, 5) is 0.147. The van der Waals surface area contributed by atoms with E-state index in [0.717, 1.165) is 14.2 Å². The number of para-hydroxylation sites is 2. The van der Waals surface area contributed by atoms with Crippen LogP contribution in [0.1, 0.15) is 12.5 Å². The Kier molecular flexibility index (Phi) is 8.55. The first kappa shape index (κ1) is 26.7. The molecule has 8 nitrogen and oxygen atoms in total. The molecule has 188 valence electrons. The lowest BCUT2D eigenvalue weighted by Gasteiger charge is -2.30. The van der Waals surface area contributed by atoms with E-state index in [1.54, 1.807) is 61.5 Å². The van der Waals surface area contributed by atoms with Crippen LogP contribution in [0.4, 0.5) is 5.69 Å². The molecule has 0 amide bonds. The smallest absolute Gasteiger partial charge is 0.264 e. The van der Waals surface area contributed by atoms with Crippen LogP contribution in [0.3, 0.4) is 0 Å². The third kappa shape index (κ3) is 6.02. The molecule has 0 aliphatic heterocycles. The first-order valence-electron chi connectivity index (χ1n) is 11.1. The van der Waals surface area contributed by atoms with Gasteiger partial charge in [-0.05, 0) is 43.3 Å². The van der Waals surface area contributed by atoms with E-state index in [-0.39, 0.29) is 35.1 Å². The van der Waals surface area contributed by atoms with Crippen molar-refractivity contribution in [1.29, 1.82) is 0 Å². The lowest BCUT2D eigenvalue weighted by atomic mass is 10.2. The Hall–Kier alpha value is -2.92. The summed E-state index contributed by atoms with van der Waals surface area (Å²) in [6.45, 7) is 2.96. The van der Waals surface area contributed by atoms with E-state index >= 15 is 0 Å². The number of methoxy groups -OCH3 is 1. The molecule has 0 spiro atoms. The second kappa shape index (κ2) is 11.2. The van der Waals surface area contributed by atoms with Gasteiger partial charge in [0.25, 0.3) is 10.0 Å². The van der Waals surface area contributed by atoms with E-state index in [1.807, 2.05) is 6.92 Å². The molecule has 0 heterocycles. The minimum absolute atomic E-state index is 0.0396. The van der Waals surface area contributed by atoms with Crippen LogP contribution in [-0.2, 0) is 20.0 Å². The number of aliphatic hydroxyl groups excluding tert-OH is 1. The first-order valence-corrected chi connectivity index (χ1v) is 13.9. The Morgan fingerprint density at radius 2 is 1.37 bits per heavy atom. The van der Waals surface area contributed by atoms with E-state index in [2.05, 4.69) is 0 Å². The number of aryl methyl sites for hydroxylation is 1. The number of ether oxygens (including phenoxy) is 1. The number of rotatable bonds is 11. The average molecular weight is 519 g/mol. The van der Waals surface area contributed by atoms with Crippen LogP contribution in [0.15, 0.2) is 88.7 Å². The zero-order chi connectivity index (χ0) is 25.6. The molecule has 10 heteroatoms. The van der Waals surface area contributed by atoms with Crippen molar-refractivity contribution in [2.75, 3.05) is 31.0 Å². The normalized spacial score (nSPS) is 12.9. The molecule has 3 aromatic carbocycles. The van der Waals surface area contributed by atoms with Crippen LogP contribution < -0.4 is 9.04 Å². The van der Waals surface area contributed by atoms with E-state index in [1.165, 1.54) is 31.4 Å². The lowest BCUT2D eigenvalue weighted by molar-refractivity contribution is 0.155. The van der Waals surface area contributed by atoms with Crippen molar-refractivity contribution >= 4 is 25.7 Å². The Bertz CT molecular complexity index is 1330. The maximum atomic E-state index is 13.6. The van der Waals surface area contributed by atoms with Crippen LogP contribution in [0, 0.1) is 6.92 Å². The Balaban J connectivity index is 1.94.